The van der Waals surface area contributed by atoms with E-state index in [4.69, 9.17) is 9.88 Å². The second-order valence-corrected chi connectivity index (χ2v) is 10.2. The number of ether oxygens (including phenoxy) is 1. The fraction of sp³-hybridized carbons (Fsp3) is 0.520. The number of nitrogens with zero attached hydrogens (tertiary/aromatic N) is 1. The third-order valence-corrected chi connectivity index (χ3v) is 6.64. The maximum Gasteiger partial charge on any atom is 0.241 e. The molecule has 0 spiro atoms. The molecule has 0 atom stereocenters. The van der Waals surface area contributed by atoms with Crippen LogP contribution in [0.25, 0.3) is 0 Å². The molecule has 0 amide bonds. The molecule has 1 aliphatic carbocycles. The number of unbranched alkanes of at least 4 members (excludes halogenated alkanes) is 2. The first-order chi connectivity index (χ1) is 15.4. The summed E-state index contributed by atoms with van der Waals surface area (Å²) in [5.41, 5.74) is 1.70. The molecule has 0 radical (unpaired) electrons. The number of para-hydroxylation sites is 1. The molecule has 0 saturated heterocycles. The Morgan fingerprint density at radius 2 is 1.72 bits per heavy atom. The zero-order valence-corrected chi connectivity index (χ0v) is 20.2. The van der Waals surface area contributed by atoms with Crippen molar-refractivity contribution in [2.45, 2.75) is 63.8 Å². The van der Waals surface area contributed by atoms with E-state index in [-0.39, 0.29) is 4.90 Å². The average molecular weight is 460 g/mol. The van der Waals surface area contributed by atoms with Crippen molar-refractivity contribution in [1.29, 1.82) is 0 Å². The van der Waals surface area contributed by atoms with Gasteiger partial charge in [-0.1, -0.05) is 44.9 Å². The number of sulfonamides is 1. The van der Waals surface area contributed by atoms with Crippen LogP contribution in [-0.2, 0) is 16.6 Å². The van der Waals surface area contributed by atoms with E-state index >= 15 is 0 Å². The van der Waals surface area contributed by atoms with E-state index < -0.39 is 10.0 Å². The van der Waals surface area contributed by atoms with Gasteiger partial charge >= 0.3 is 0 Å². The lowest BCUT2D eigenvalue weighted by Crippen LogP contribution is -2.27. The molecule has 0 bridgehead atoms. The van der Waals surface area contributed by atoms with Crippen molar-refractivity contribution in [3.05, 3.63) is 48.0 Å². The van der Waals surface area contributed by atoms with Gasteiger partial charge in [-0.25, -0.2) is 13.6 Å². The third kappa shape index (κ3) is 7.22. The minimum Gasteiger partial charge on any atom is -0.454 e. The van der Waals surface area contributed by atoms with Gasteiger partial charge in [-0.05, 0) is 68.0 Å². The molecule has 6 nitrogen and oxygen atoms in total. The highest BCUT2D eigenvalue weighted by atomic mass is 32.2. The van der Waals surface area contributed by atoms with E-state index in [1.807, 2.05) is 30.3 Å². The molecule has 0 heterocycles. The summed E-state index contributed by atoms with van der Waals surface area (Å²) in [5.74, 6) is 1.65. The summed E-state index contributed by atoms with van der Waals surface area (Å²) in [6.07, 6.45) is 6.69. The molecule has 0 aromatic heterocycles. The Morgan fingerprint density at radius 1 is 1.06 bits per heavy atom. The van der Waals surface area contributed by atoms with E-state index in [0.717, 1.165) is 62.5 Å². The highest BCUT2D eigenvalue weighted by Crippen LogP contribution is 2.39. The summed E-state index contributed by atoms with van der Waals surface area (Å²) in [6, 6.07) is 13.0. The smallest absolute Gasteiger partial charge is 0.241 e. The van der Waals surface area contributed by atoms with Crippen LogP contribution in [0.1, 0.15) is 57.9 Å². The number of nitrogens with two attached hydrogens (primary N) is 1. The normalized spacial score (nSPS) is 13.8. The maximum absolute atomic E-state index is 12.6. The molecule has 32 heavy (non-hydrogen) atoms. The molecule has 7 heteroatoms. The fourth-order valence-corrected chi connectivity index (χ4v) is 4.41. The molecule has 176 valence electrons. The van der Waals surface area contributed by atoms with E-state index in [0.29, 0.717) is 18.0 Å². The van der Waals surface area contributed by atoms with E-state index in [1.165, 1.54) is 12.8 Å². The molecular weight excluding hydrogens is 422 g/mol. The zero-order valence-electron chi connectivity index (χ0n) is 19.3. The molecule has 2 aromatic carbocycles. The van der Waals surface area contributed by atoms with Crippen LogP contribution in [0.2, 0.25) is 0 Å². The van der Waals surface area contributed by atoms with Gasteiger partial charge in [0.25, 0.3) is 0 Å². The lowest BCUT2D eigenvalue weighted by atomic mass is 10.1. The van der Waals surface area contributed by atoms with Crippen molar-refractivity contribution in [3.8, 4) is 11.5 Å². The SMILES string of the molecule is CCCCN(CCCC)c1cc(CNCC2CC2)cc(S(N)(=O)=O)c1Oc1ccccc1. The molecule has 1 saturated carbocycles. The number of nitrogens with one attached hydrogen (secondary N) is 1. The summed E-state index contributed by atoms with van der Waals surface area (Å²) in [5, 5.41) is 9.16. The van der Waals surface area contributed by atoms with Crippen LogP contribution in [0.3, 0.4) is 0 Å². The predicted octanol–water partition coefficient (Wildman–Crippen LogP) is 5.03. The number of hydrogen-bond donors (Lipinski definition) is 2. The number of primary sulfonamides is 1. The van der Waals surface area contributed by atoms with E-state index in [9.17, 15) is 8.42 Å². The molecule has 1 fully saturated rings. The molecule has 1 aliphatic rings. The van der Waals surface area contributed by atoms with Gasteiger partial charge < -0.3 is 15.0 Å². The van der Waals surface area contributed by atoms with Gasteiger partial charge in [0.05, 0.1) is 5.69 Å². The van der Waals surface area contributed by atoms with Crippen molar-refractivity contribution < 1.29 is 13.2 Å². The van der Waals surface area contributed by atoms with Gasteiger partial charge in [0.15, 0.2) is 5.75 Å². The summed E-state index contributed by atoms with van der Waals surface area (Å²) in [6.45, 7) is 7.56. The minimum absolute atomic E-state index is 0.0417. The van der Waals surface area contributed by atoms with Crippen LogP contribution in [0.4, 0.5) is 5.69 Å². The van der Waals surface area contributed by atoms with Crippen molar-refractivity contribution in [3.63, 3.8) is 0 Å². The highest BCUT2D eigenvalue weighted by Gasteiger charge is 2.25. The minimum atomic E-state index is -3.98. The van der Waals surface area contributed by atoms with Crippen molar-refractivity contribution in [2.24, 2.45) is 11.1 Å². The summed E-state index contributed by atoms with van der Waals surface area (Å²) in [7, 11) is -3.98. The molecule has 0 unspecified atom stereocenters. The Bertz CT molecular complexity index is 952. The van der Waals surface area contributed by atoms with Gasteiger partial charge in [0.1, 0.15) is 10.6 Å². The Hall–Kier alpha value is -2.09. The third-order valence-electron chi connectivity index (χ3n) is 5.73. The van der Waals surface area contributed by atoms with Gasteiger partial charge in [-0.3, -0.25) is 0 Å². The Morgan fingerprint density at radius 3 is 2.28 bits per heavy atom. The predicted molar refractivity (Wildman–Crippen MR) is 131 cm³/mol. The van der Waals surface area contributed by atoms with Crippen LogP contribution < -0.4 is 20.1 Å². The van der Waals surface area contributed by atoms with Crippen LogP contribution in [0, 0.1) is 5.92 Å². The second kappa shape index (κ2) is 11.7. The van der Waals surface area contributed by atoms with Gasteiger partial charge in [0, 0.05) is 19.6 Å². The van der Waals surface area contributed by atoms with Crippen molar-refractivity contribution in [2.75, 3.05) is 24.5 Å². The van der Waals surface area contributed by atoms with Crippen molar-refractivity contribution >= 4 is 15.7 Å². The van der Waals surface area contributed by atoms with Crippen LogP contribution in [0.5, 0.6) is 11.5 Å². The van der Waals surface area contributed by atoms with Gasteiger partial charge in [0.2, 0.25) is 10.0 Å². The number of hydrogen-bond acceptors (Lipinski definition) is 5. The summed E-state index contributed by atoms with van der Waals surface area (Å²) in [4.78, 5) is 2.30. The van der Waals surface area contributed by atoms with E-state index in [2.05, 4.69) is 30.1 Å². The Labute approximate surface area is 193 Å². The standard InChI is InChI=1S/C25H37N3O3S/c1-3-5-14-28(15-6-4-2)23-16-21(19-27-18-20-12-13-20)17-24(32(26,29)30)25(23)31-22-10-8-7-9-11-22/h7-11,16-17,20,27H,3-6,12-15,18-19H2,1-2H3,(H2,26,29,30). The fourth-order valence-electron chi connectivity index (χ4n) is 3.69. The van der Waals surface area contributed by atoms with Crippen LogP contribution in [0.15, 0.2) is 47.4 Å². The lowest BCUT2D eigenvalue weighted by Gasteiger charge is -2.28. The lowest BCUT2D eigenvalue weighted by molar-refractivity contribution is 0.464. The largest absolute Gasteiger partial charge is 0.454 e. The van der Waals surface area contributed by atoms with Crippen LogP contribution >= 0.6 is 0 Å². The molecular formula is C25H37N3O3S. The quantitative estimate of drug-likeness (QED) is 0.414. The number of rotatable bonds is 14. The maximum atomic E-state index is 12.6. The summed E-state index contributed by atoms with van der Waals surface area (Å²) < 4.78 is 31.5. The number of anilines is 1. The first kappa shape index (κ1) is 24.6. The first-order valence-electron chi connectivity index (χ1n) is 11.8. The van der Waals surface area contributed by atoms with Gasteiger partial charge in [-0.2, -0.15) is 0 Å². The summed E-state index contributed by atoms with van der Waals surface area (Å²) >= 11 is 0. The molecule has 3 rings (SSSR count). The number of benzene rings is 2. The average Bonchev–Trinajstić information content (AvgIpc) is 3.59. The molecule has 0 aliphatic heterocycles. The second-order valence-electron chi connectivity index (χ2n) is 8.67. The highest BCUT2D eigenvalue weighted by molar-refractivity contribution is 7.89. The Kier molecular flexibility index (Phi) is 8.96. The van der Waals surface area contributed by atoms with E-state index in [1.54, 1.807) is 6.07 Å². The van der Waals surface area contributed by atoms with Crippen molar-refractivity contribution in [1.82, 2.24) is 5.32 Å². The molecule has 2 aromatic rings. The molecule has 3 N–H and O–H groups in total. The first-order valence-corrected chi connectivity index (χ1v) is 13.3. The topological polar surface area (TPSA) is 84.7 Å². The monoisotopic (exact) mass is 459 g/mol. The van der Waals surface area contributed by atoms with Gasteiger partial charge in [-0.15, -0.1) is 0 Å². The Balaban J connectivity index is 2.05. The van der Waals surface area contributed by atoms with Crippen LogP contribution in [-0.4, -0.2) is 28.1 Å². The zero-order chi connectivity index (χ0) is 23.0.